The molecule has 61 heavy (non-hydrogen) atoms. The average molecular weight is 852 g/mol. The van der Waals surface area contributed by atoms with Crippen LogP contribution in [0.15, 0.2) is 177 Å². The zero-order valence-electron chi connectivity index (χ0n) is 31.3. The molecule has 3 aromatic heterocycles. The Bertz CT molecular complexity index is 2570. The van der Waals surface area contributed by atoms with Crippen molar-refractivity contribution in [3.63, 3.8) is 0 Å². The summed E-state index contributed by atoms with van der Waals surface area (Å²) in [6.45, 7) is 0. The third-order valence-electron chi connectivity index (χ3n) is 8.47. The SMILES string of the molecule is O=C([O-])c1ccccc1-c1nnc(-c2ccccc2)o1.O=C([O-])c1ccccc1-c1nnc(-c2ccccc2)o1.O=C([O-])c1ccccc1-c1nnc(-c2ccccc2)o1.[Fe+3]. The van der Waals surface area contributed by atoms with Gasteiger partial charge in [-0.1, -0.05) is 109 Å². The Kier molecular flexibility index (Phi) is 13.8. The Hall–Kier alpha value is -8.33. The predicted molar refractivity (Wildman–Crippen MR) is 209 cm³/mol. The van der Waals surface area contributed by atoms with Gasteiger partial charge in [-0.2, -0.15) is 0 Å². The number of aromatic nitrogens is 6. The van der Waals surface area contributed by atoms with Crippen LogP contribution in [0.5, 0.6) is 0 Å². The Morgan fingerprint density at radius 1 is 0.311 bits per heavy atom. The molecule has 15 nitrogen and oxygen atoms in total. The largest absolute Gasteiger partial charge is 3.00 e. The average Bonchev–Trinajstić information content (AvgIpc) is 4.11. The van der Waals surface area contributed by atoms with Crippen molar-refractivity contribution in [2.45, 2.75) is 0 Å². The molecule has 0 spiro atoms. The van der Waals surface area contributed by atoms with E-state index in [4.69, 9.17) is 13.3 Å². The van der Waals surface area contributed by atoms with Crippen LogP contribution in [0.1, 0.15) is 31.1 Å². The molecule has 16 heteroatoms. The topological polar surface area (TPSA) is 237 Å². The molecule has 0 atom stereocenters. The maximum atomic E-state index is 11.1. The minimum Gasteiger partial charge on any atom is -0.545 e. The van der Waals surface area contributed by atoms with Crippen LogP contribution in [-0.2, 0) is 17.1 Å². The van der Waals surface area contributed by atoms with E-state index >= 15 is 0 Å². The van der Waals surface area contributed by atoms with Crippen LogP contribution in [0, 0.1) is 0 Å². The quantitative estimate of drug-likeness (QED) is 0.168. The normalized spacial score (nSPS) is 10.2. The molecule has 0 amide bonds. The molecule has 299 valence electrons. The molecular weight excluding hydrogens is 824 g/mol. The summed E-state index contributed by atoms with van der Waals surface area (Å²) in [7, 11) is 0. The summed E-state index contributed by atoms with van der Waals surface area (Å²) in [4.78, 5) is 33.2. The summed E-state index contributed by atoms with van der Waals surface area (Å²) >= 11 is 0. The van der Waals surface area contributed by atoms with Gasteiger partial charge in [0.2, 0.25) is 35.3 Å². The summed E-state index contributed by atoms with van der Waals surface area (Å²) < 4.78 is 16.6. The van der Waals surface area contributed by atoms with Crippen molar-refractivity contribution in [3.05, 3.63) is 180 Å². The van der Waals surface area contributed by atoms with Crippen molar-refractivity contribution in [1.82, 2.24) is 30.6 Å². The molecule has 0 saturated heterocycles. The van der Waals surface area contributed by atoms with Gasteiger partial charge in [-0.15, -0.1) is 30.6 Å². The third kappa shape index (κ3) is 10.2. The van der Waals surface area contributed by atoms with Crippen LogP contribution in [0.3, 0.4) is 0 Å². The van der Waals surface area contributed by atoms with Gasteiger partial charge >= 0.3 is 17.1 Å². The fraction of sp³-hybridized carbons (Fsp3) is 0. The number of carbonyl (C=O) groups is 3. The zero-order valence-corrected chi connectivity index (χ0v) is 32.4. The van der Waals surface area contributed by atoms with Gasteiger partial charge in [0.25, 0.3) is 0 Å². The van der Waals surface area contributed by atoms with Crippen molar-refractivity contribution >= 4 is 17.9 Å². The van der Waals surface area contributed by atoms with Crippen molar-refractivity contribution < 1.29 is 60.0 Å². The molecule has 0 bridgehead atoms. The summed E-state index contributed by atoms with van der Waals surface area (Å²) in [5.74, 6) is -2.34. The first kappa shape index (κ1) is 42.3. The Morgan fingerprint density at radius 2 is 0.525 bits per heavy atom. The minimum atomic E-state index is -1.28. The van der Waals surface area contributed by atoms with E-state index in [1.54, 1.807) is 54.6 Å². The van der Waals surface area contributed by atoms with E-state index in [1.807, 2.05) is 91.0 Å². The van der Waals surface area contributed by atoms with Gasteiger partial charge in [-0.25, -0.2) is 0 Å². The van der Waals surface area contributed by atoms with Gasteiger partial charge in [0.1, 0.15) is 0 Å². The molecule has 0 aliphatic carbocycles. The van der Waals surface area contributed by atoms with Crippen LogP contribution in [0.2, 0.25) is 0 Å². The van der Waals surface area contributed by atoms with E-state index < -0.39 is 17.9 Å². The van der Waals surface area contributed by atoms with Crippen molar-refractivity contribution in [3.8, 4) is 68.7 Å². The molecular formula is C45H27FeN6O9. The van der Waals surface area contributed by atoms with Gasteiger partial charge < -0.3 is 43.0 Å². The molecule has 0 aliphatic heterocycles. The van der Waals surface area contributed by atoms with Crippen LogP contribution in [0.4, 0.5) is 0 Å². The van der Waals surface area contributed by atoms with Crippen LogP contribution < -0.4 is 15.3 Å². The van der Waals surface area contributed by atoms with Gasteiger partial charge in [0.05, 0.1) is 17.9 Å². The third-order valence-corrected chi connectivity index (χ3v) is 8.47. The number of carboxylic acids is 3. The second-order valence-corrected chi connectivity index (χ2v) is 12.3. The van der Waals surface area contributed by atoms with Crippen molar-refractivity contribution in [2.75, 3.05) is 0 Å². The van der Waals surface area contributed by atoms with E-state index in [-0.39, 0.29) is 51.4 Å². The summed E-state index contributed by atoms with van der Waals surface area (Å²) in [5, 5.41) is 56.7. The number of nitrogens with zero attached hydrogens (tertiary/aromatic N) is 6. The van der Waals surface area contributed by atoms with Crippen molar-refractivity contribution in [1.29, 1.82) is 0 Å². The number of carbonyl (C=O) groups excluding carboxylic acids is 3. The van der Waals surface area contributed by atoms with Crippen LogP contribution in [-0.4, -0.2) is 48.5 Å². The number of benzene rings is 6. The predicted octanol–water partition coefficient (Wildman–Crippen LogP) is 5.30. The molecule has 3 heterocycles. The smallest absolute Gasteiger partial charge is 0.545 e. The van der Waals surface area contributed by atoms with E-state index in [2.05, 4.69) is 30.6 Å². The number of rotatable bonds is 9. The molecule has 0 unspecified atom stereocenters. The second kappa shape index (κ2) is 19.9. The molecule has 0 fully saturated rings. The number of hydrogen-bond donors (Lipinski definition) is 0. The fourth-order valence-corrected chi connectivity index (χ4v) is 5.63. The Labute approximate surface area is 356 Å². The number of carboxylic acid groups (broad SMARTS) is 3. The first-order valence-electron chi connectivity index (χ1n) is 17.9. The Balaban J connectivity index is 0.000000152. The zero-order chi connectivity index (χ0) is 41.8. The van der Waals surface area contributed by atoms with Gasteiger partial charge in [-0.3, -0.25) is 0 Å². The first-order valence-corrected chi connectivity index (χ1v) is 17.9. The van der Waals surface area contributed by atoms with Gasteiger partial charge in [0.15, 0.2) is 0 Å². The molecule has 9 rings (SSSR count). The maximum absolute atomic E-state index is 11.1. The van der Waals surface area contributed by atoms with Crippen molar-refractivity contribution in [2.24, 2.45) is 0 Å². The van der Waals surface area contributed by atoms with Crippen LogP contribution >= 0.6 is 0 Å². The van der Waals surface area contributed by atoms with Gasteiger partial charge in [0, 0.05) is 50.1 Å². The molecule has 0 aliphatic rings. The maximum Gasteiger partial charge on any atom is 3.00 e. The van der Waals surface area contributed by atoms with E-state index in [0.717, 1.165) is 16.7 Å². The summed E-state index contributed by atoms with van der Waals surface area (Å²) in [6.07, 6.45) is 0. The first-order chi connectivity index (χ1) is 29.3. The van der Waals surface area contributed by atoms with Gasteiger partial charge in [-0.05, 0) is 54.6 Å². The second-order valence-electron chi connectivity index (χ2n) is 12.3. The molecule has 0 saturated carbocycles. The van der Waals surface area contributed by atoms with E-state index in [0.29, 0.717) is 34.4 Å². The number of aromatic carboxylic acids is 3. The summed E-state index contributed by atoms with van der Waals surface area (Å²) in [5.41, 5.74) is 3.44. The monoisotopic (exact) mass is 851 g/mol. The van der Waals surface area contributed by atoms with E-state index in [9.17, 15) is 29.7 Å². The van der Waals surface area contributed by atoms with E-state index in [1.165, 1.54) is 18.2 Å². The molecule has 1 radical (unpaired) electrons. The van der Waals surface area contributed by atoms with Crippen LogP contribution in [0.25, 0.3) is 68.7 Å². The molecule has 9 aromatic rings. The number of hydrogen-bond acceptors (Lipinski definition) is 15. The summed E-state index contributed by atoms with van der Waals surface area (Å²) in [6, 6.07) is 46.9. The Morgan fingerprint density at radius 3 is 0.770 bits per heavy atom. The standard InChI is InChI=1S/3C15H10N2O3.Fe/c3*18-15(19)12-9-5-4-8-11(12)14-17-16-13(20-14)10-6-2-1-3-7-10;/h3*1-9H,(H,18,19);/q;;;+3/p-3. The molecule has 6 aromatic carbocycles. The molecule has 0 N–H and O–H groups in total. The minimum absolute atomic E-state index is 0. The fourth-order valence-electron chi connectivity index (χ4n) is 5.63.